The van der Waals surface area contributed by atoms with Crippen molar-refractivity contribution in [3.05, 3.63) is 71.3 Å². The number of nitrogens with one attached hydrogen (secondary N) is 1. The van der Waals surface area contributed by atoms with E-state index in [-0.39, 0.29) is 12.1 Å². The number of nitrogens with zero attached hydrogens (tertiary/aromatic N) is 3. The number of pyridine rings is 1. The molecule has 31 heavy (non-hydrogen) atoms. The summed E-state index contributed by atoms with van der Waals surface area (Å²) in [5, 5.41) is 4.15. The highest BCUT2D eigenvalue weighted by atomic mass is 32.1. The number of hydrogen-bond acceptors (Lipinski definition) is 4. The fraction of sp³-hybridized carbons (Fsp3) is 0.333. The highest BCUT2D eigenvalue weighted by molar-refractivity contribution is 7.80. The fourth-order valence-corrected chi connectivity index (χ4v) is 4.87. The Hall–Kier alpha value is -3.06. The topological polar surface area (TPSA) is 51.6 Å². The summed E-state index contributed by atoms with van der Waals surface area (Å²) in [5.74, 6) is 1.48. The molecule has 0 amide bonds. The van der Waals surface area contributed by atoms with Crippen molar-refractivity contribution < 1.29 is 9.47 Å². The standard InChI is InChI=1S/C24H28N4O2S/c1-6-27-15(2)13-18(16(27)3)23-22(19-9-7-8-12-25-19)26-24(31)28(23)20-14-17(29-4)10-11-21(20)30-5/h7-14,22-23H,6H2,1-5H3,(H,26,31). The smallest absolute Gasteiger partial charge is 0.174 e. The molecule has 6 nitrogen and oxygen atoms in total. The summed E-state index contributed by atoms with van der Waals surface area (Å²) in [6, 6.07) is 13.8. The van der Waals surface area contributed by atoms with Crippen LogP contribution in [0, 0.1) is 13.8 Å². The van der Waals surface area contributed by atoms with Gasteiger partial charge in [-0.05, 0) is 68.9 Å². The van der Waals surface area contributed by atoms with Gasteiger partial charge in [0.2, 0.25) is 0 Å². The molecule has 0 saturated carbocycles. The summed E-state index contributed by atoms with van der Waals surface area (Å²) in [5.41, 5.74) is 5.48. The average Bonchev–Trinajstić information content (AvgIpc) is 3.28. The second-order valence-corrected chi connectivity index (χ2v) is 7.99. The number of ether oxygens (including phenoxy) is 2. The molecule has 1 aliphatic heterocycles. The van der Waals surface area contributed by atoms with Crippen molar-refractivity contribution >= 4 is 23.0 Å². The van der Waals surface area contributed by atoms with E-state index >= 15 is 0 Å². The number of thiocarbonyl (C=S) groups is 1. The molecule has 0 bridgehead atoms. The first-order valence-corrected chi connectivity index (χ1v) is 10.8. The molecule has 1 aliphatic rings. The van der Waals surface area contributed by atoms with Crippen LogP contribution in [-0.2, 0) is 6.54 Å². The zero-order valence-corrected chi connectivity index (χ0v) is 19.4. The second-order valence-electron chi connectivity index (χ2n) is 7.61. The van der Waals surface area contributed by atoms with Crippen molar-refractivity contribution in [1.29, 1.82) is 0 Å². The summed E-state index contributed by atoms with van der Waals surface area (Å²) in [6.07, 6.45) is 1.82. The predicted molar refractivity (Wildman–Crippen MR) is 127 cm³/mol. The summed E-state index contributed by atoms with van der Waals surface area (Å²) in [7, 11) is 3.33. The summed E-state index contributed by atoms with van der Waals surface area (Å²) < 4.78 is 13.5. The van der Waals surface area contributed by atoms with Crippen LogP contribution in [0.5, 0.6) is 11.5 Å². The molecule has 2 aromatic heterocycles. The van der Waals surface area contributed by atoms with E-state index in [2.05, 4.69) is 46.6 Å². The van der Waals surface area contributed by atoms with Gasteiger partial charge in [0.1, 0.15) is 11.5 Å². The van der Waals surface area contributed by atoms with Crippen LogP contribution in [0.2, 0.25) is 0 Å². The number of aromatic nitrogens is 2. The van der Waals surface area contributed by atoms with Gasteiger partial charge in [-0.15, -0.1) is 0 Å². The zero-order chi connectivity index (χ0) is 22.1. The van der Waals surface area contributed by atoms with Gasteiger partial charge in [0.25, 0.3) is 0 Å². The van der Waals surface area contributed by atoms with Gasteiger partial charge in [-0.2, -0.15) is 0 Å². The van der Waals surface area contributed by atoms with Gasteiger partial charge in [-0.3, -0.25) is 4.98 Å². The van der Waals surface area contributed by atoms with E-state index in [4.69, 9.17) is 21.7 Å². The molecule has 0 spiro atoms. The number of methoxy groups -OCH3 is 2. The van der Waals surface area contributed by atoms with Gasteiger partial charge in [-0.1, -0.05) is 6.07 Å². The SMILES string of the molecule is CCn1c(C)cc(C2C(c3ccccn3)NC(=S)N2c2cc(OC)ccc2OC)c1C. The second kappa shape index (κ2) is 8.59. The molecule has 4 rings (SSSR count). The number of anilines is 1. The lowest BCUT2D eigenvalue weighted by Crippen LogP contribution is -2.30. The molecule has 0 aliphatic carbocycles. The first-order valence-electron chi connectivity index (χ1n) is 10.4. The Bertz CT molecular complexity index is 1100. The van der Waals surface area contributed by atoms with Crippen LogP contribution in [0.3, 0.4) is 0 Å². The largest absolute Gasteiger partial charge is 0.497 e. The van der Waals surface area contributed by atoms with E-state index in [0.29, 0.717) is 5.11 Å². The van der Waals surface area contributed by atoms with Crippen molar-refractivity contribution in [2.75, 3.05) is 19.1 Å². The molecule has 1 saturated heterocycles. The van der Waals surface area contributed by atoms with Crippen molar-refractivity contribution in [2.24, 2.45) is 0 Å². The highest BCUT2D eigenvalue weighted by Gasteiger charge is 2.43. The van der Waals surface area contributed by atoms with Crippen molar-refractivity contribution in [2.45, 2.75) is 39.4 Å². The molecule has 1 N–H and O–H groups in total. The number of hydrogen-bond donors (Lipinski definition) is 1. The Morgan fingerprint density at radius 1 is 1.10 bits per heavy atom. The third-order valence-electron chi connectivity index (χ3n) is 5.99. The molecule has 2 unspecified atom stereocenters. The summed E-state index contributed by atoms with van der Waals surface area (Å²) in [6.45, 7) is 7.40. The Balaban J connectivity index is 1.93. The van der Waals surface area contributed by atoms with Crippen molar-refractivity contribution in [1.82, 2.24) is 14.9 Å². The zero-order valence-electron chi connectivity index (χ0n) is 18.5. The Morgan fingerprint density at radius 3 is 2.52 bits per heavy atom. The van der Waals surface area contributed by atoms with Gasteiger partial charge in [-0.25, -0.2) is 0 Å². The van der Waals surface area contributed by atoms with Gasteiger partial charge in [0.15, 0.2) is 5.11 Å². The van der Waals surface area contributed by atoms with Gasteiger partial charge in [0.05, 0.1) is 37.7 Å². The fourth-order valence-electron chi connectivity index (χ4n) is 4.53. The maximum absolute atomic E-state index is 5.86. The Kier molecular flexibility index (Phi) is 5.87. The van der Waals surface area contributed by atoms with Gasteiger partial charge in [0, 0.05) is 30.2 Å². The Labute approximate surface area is 188 Å². The summed E-state index contributed by atoms with van der Waals surface area (Å²) in [4.78, 5) is 6.78. The molecule has 3 aromatic rings. The van der Waals surface area contributed by atoms with E-state index < -0.39 is 0 Å². The van der Waals surface area contributed by atoms with Crippen LogP contribution in [0.15, 0.2) is 48.7 Å². The third-order valence-corrected chi connectivity index (χ3v) is 6.31. The van der Waals surface area contributed by atoms with E-state index in [1.807, 2.05) is 42.6 Å². The third kappa shape index (κ3) is 3.63. The van der Waals surface area contributed by atoms with Crippen LogP contribution in [-0.4, -0.2) is 28.9 Å². The normalized spacial score (nSPS) is 18.2. The first kappa shape index (κ1) is 21.2. The maximum Gasteiger partial charge on any atom is 0.174 e. The minimum atomic E-state index is -0.101. The molecule has 3 heterocycles. The number of benzene rings is 1. The average molecular weight is 437 g/mol. The lowest BCUT2D eigenvalue weighted by atomic mass is 9.96. The minimum absolute atomic E-state index is 0.0880. The quantitative estimate of drug-likeness (QED) is 0.565. The van der Waals surface area contributed by atoms with Crippen LogP contribution in [0.1, 0.15) is 41.7 Å². The van der Waals surface area contributed by atoms with Crippen molar-refractivity contribution in [3.8, 4) is 11.5 Å². The van der Waals surface area contributed by atoms with E-state index in [1.165, 1.54) is 17.0 Å². The van der Waals surface area contributed by atoms with E-state index in [1.54, 1.807) is 14.2 Å². The van der Waals surface area contributed by atoms with Crippen LogP contribution in [0.25, 0.3) is 0 Å². The van der Waals surface area contributed by atoms with E-state index in [0.717, 1.165) is 29.4 Å². The Morgan fingerprint density at radius 2 is 1.90 bits per heavy atom. The van der Waals surface area contributed by atoms with Crippen LogP contribution in [0.4, 0.5) is 5.69 Å². The van der Waals surface area contributed by atoms with Crippen molar-refractivity contribution in [3.63, 3.8) is 0 Å². The molecule has 7 heteroatoms. The van der Waals surface area contributed by atoms with Crippen LogP contribution < -0.4 is 19.7 Å². The summed E-state index contributed by atoms with van der Waals surface area (Å²) >= 11 is 5.86. The number of aryl methyl sites for hydroxylation is 1. The molecule has 0 radical (unpaired) electrons. The van der Waals surface area contributed by atoms with E-state index in [9.17, 15) is 0 Å². The monoisotopic (exact) mass is 436 g/mol. The van der Waals surface area contributed by atoms with Gasteiger partial charge < -0.3 is 24.3 Å². The predicted octanol–water partition coefficient (Wildman–Crippen LogP) is 4.71. The number of rotatable bonds is 6. The highest BCUT2D eigenvalue weighted by Crippen LogP contribution is 2.46. The lowest BCUT2D eigenvalue weighted by molar-refractivity contribution is 0.403. The molecule has 2 atom stereocenters. The maximum atomic E-state index is 5.86. The molecule has 1 fully saturated rings. The molecule has 1 aromatic carbocycles. The molecular formula is C24H28N4O2S. The molecular weight excluding hydrogens is 408 g/mol. The molecule has 162 valence electrons. The minimum Gasteiger partial charge on any atom is -0.497 e. The van der Waals surface area contributed by atoms with Gasteiger partial charge >= 0.3 is 0 Å². The van der Waals surface area contributed by atoms with Crippen LogP contribution >= 0.6 is 12.2 Å². The first-order chi connectivity index (χ1) is 15.0. The lowest BCUT2D eigenvalue weighted by Gasteiger charge is -2.29.